The highest BCUT2D eigenvalue weighted by molar-refractivity contribution is 4.70. The van der Waals surface area contributed by atoms with Gasteiger partial charge in [0.15, 0.2) is 0 Å². The van der Waals surface area contributed by atoms with Crippen LogP contribution in [-0.2, 0) is 0 Å². The summed E-state index contributed by atoms with van der Waals surface area (Å²) in [6.45, 7) is 11.6. The van der Waals surface area contributed by atoms with E-state index in [1.54, 1.807) is 0 Å². The highest BCUT2D eigenvalue weighted by Crippen LogP contribution is 2.14. The van der Waals surface area contributed by atoms with Crippen LogP contribution in [0.2, 0.25) is 0 Å². The van der Waals surface area contributed by atoms with Crippen molar-refractivity contribution in [1.82, 2.24) is 10.6 Å². The van der Waals surface area contributed by atoms with Gasteiger partial charge in [0.05, 0.1) is 0 Å². The lowest BCUT2D eigenvalue weighted by Crippen LogP contribution is -2.41. The highest BCUT2D eigenvalue weighted by Gasteiger charge is 2.08. The molecule has 2 N–H and O–H groups in total. The zero-order chi connectivity index (χ0) is 27.1. The van der Waals surface area contributed by atoms with Gasteiger partial charge in [0.2, 0.25) is 0 Å². The highest BCUT2D eigenvalue weighted by atomic mass is 15.0. The third-order valence-corrected chi connectivity index (χ3v) is 8.38. The molecule has 0 aromatic rings. The van der Waals surface area contributed by atoms with Gasteiger partial charge in [-0.3, -0.25) is 0 Å². The van der Waals surface area contributed by atoms with Crippen molar-refractivity contribution in [2.24, 2.45) is 0 Å². The second kappa shape index (κ2) is 32.1. The fourth-order valence-corrected chi connectivity index (χ4v) is 5.59. The van der Waals surface area contributed by atoms with E-state index in [1.165, 1.54) is 180 Å². The molecular weight excluding hydrogens is 448 g/mol. The van der Waals surface area contributed by atoms with Gasteiger partial charge in [0.25, 0.3) is 0 Å². The first kappa shape index (κ1) is 36.9. The second-order valence-electron chi connectivity index (χ2n) is 12.3. The monoisotopic (exact) mass is 523 g/mol. The number of nitrogens with one attached hydrogen (secondary N) is 2. The van der Waals surface area contributed by atoms with Gasteiger partial charge in [-0.2, -0.15) is 0 Å². The number of hydrogen-bond donors (Lipinski definition) is 2. The summed E-state index contributed by atoms with van der Waals surface area (Å²) in [5, 5.41) is 7.60. The number of unbranched alkanes of at least 4 members (excludes halogenated alkanes) is 23. The van der Waals surface area contributed by atoms with Crippen molar-refractivity contribution in [3.05, 3.63) is 0 Å². The van der Waals surface area contributed by atoms with E-state index in [0.717, 1.165) is 6.54 Å². The average molecular weight is 523 g/mol. The molecule has 0 saturated carbocycles. The van der Waals surface area contributed by atoms with Crippen molar-refractivity contribution in [3.63, 3.8) is 0 Å². The zero-order valence-electron chi connectivity index (χ0n) is 26.7. The Balaban J connectivity index is 3.38. The van der Waals surface area contributed by atoms with Crippen LogP contribution >= 0.6 is 0 Å². The first-order chi connectivity index (χ1) is 18.2. The van der Waals surface area contributed by atoms with Crippen molar-refractivity contribution in [2.45, 2.75) is 213 Å². The fourth-order valence-electron chi connectivity index (χ4n) is 5.59. The van der Waals surface area contributed by atoms with Crippen LogP contribution in [0.4, 0.5) is 0 Å². The second-order valence-corrected chi connectivity index (χ2v) is 12.3. The van der Waals surface area contributed by atoms with Crippen LogP contribution < -0.4 is 10.6 Å². The fraction of sp³-hybridized carbons (Fsp3) is 1.00. The van der Waals surface area contributed by atoms with Gasteiger partial charge in [-0.1, -0.05) is 175 Å². The quantitative estimate of drug-likeness (QED) is 0.0858. The lowest BCUT2D eigenvalue weighted by atomic mass is 10.0. The maximum Gasteiger partial charge on any atom is 0.0164 e. The minimum atomic E-state index is 0.591. The van der Waals surface area contributed by atoms with Gasteiger partial charge < -0.3 is 10.6 Å². The van der Waals surface area contributed by atoms with Gasteiger partial charge in [0.1, 0.15) is 0 Å². The normalized spacial score (nSPS) is 13.3. The summed E-state index contributed by atoms with van der Waals surface area (Å²) in [5.41, 5.74) is 0. The van der Waals surface area contributed by atoms with E-state index < -0.39 is 0 Å². The Morgan fingerprint density at radius 1 is 0.405 bits per heavy atom. The standard InChI is InChI=1S/C35H74N2/c1-5-8-10-12-14-16-18-19-20-22-24-26-28-30-32-36-34(4)33-37-35(7-3)31-29-27-25-23-21-17-15-13-11-9-6-2/h34-37H,5-33H2,1-4H3. The van der Waals surface area contributed by atoms with E-state index in [0.29, 0.717) is 12.1 Å². The third-order valence-electron chi connectivity index (χ3n) is 8.38. The predicted molar refractivity (Wildman–Crippen MR) is 171 cm³/mol. The molecule has 0 spiro atoms. The maximum absolute atomic E-state index is 3.84. The molecule has 224 valence electrons. The lowest BCUT2D eigenvalue weighted by Gasteiger charge is -2.21. The van der Waals surface area contributed by atoms with Crippen LogP contribution in [0.5, 0.6) is 0 Å². The van der Waals surface area contributed by atoms with Crippen molar-refractivity contribution < 1.29 is 0 Å². The summed E-state index contributed by atoms with van der Waals surface area (Å²) < 4.78 is 0. The summed E-state index contributed by atoms with van der Waals surface area (Å²) >= 11 is 0. The van der Waals surface area contributed by atoms with E-state index in [4.69, 9.17) is 0 Å². The summed E-state index contributed by atoms with van der Waals surface area (Å²) in [4.78, 5) is 0. The first-order valence-corrected chi connectivity index (χ1v) is 17.7. The molecule has 0 aliphatic heterocycles. The number of hydrogen-bond acceptors (Lipinski definition) is 2. The van der Waals surface area contributed by atoms with Crippen LogP contribution in [0, 0.1) is 0 Å². The molecular formula is C35H74N2. The van der Waals surface area contributed by atoms with E-state index in [-0.39, 0.29) is 0 Å². The molecule has 0 heterocycles. The van der Waals surface area contributed by atoms with Crippen LogP contribution in [-0.4, -0.2) is 25.2 Å². The van der Waals surface area contributed by atoms with Crippen LogP contribution in [0.15, 0.2) is 0 Å². The van der Waals surface area contributed by atoms with Crippen molar-refractivity contribution >= 4 is 0 Å². The number of rotatable bonds is 32. The minimum Gasteiger partial charge on any atom is -0.313 e. The van der Waals surface area contributed by atoms with Gasteiger partial charge >= 0.3 is 0 Å². The summed E-state index contributed by atoms with van der Waals surface area (Å²) in [5.74, 6) is 0. The molecule has 0 bridgehead atoms. The molecule has 0 radical (unpaired) electrons. The van der Waals surface area contributed by atoms with Crippen molar-refractivity contribution in [1.29, 1.82) is 0 Å². The Bertz CT molecular complexity index is 397. The lowest BCUT2D eigenvalue weighted by molar-refractivity contribution is 0.405. The summed E-state index contributed by atoms with van der Waals surface area (Å²) in [6, 6.07) is 1.30. The molecule has 37 heavy (non-hydrogen) atoms. The maximum atomic E-state index is 3.84. The zero-order valence-corrected chi connectivity index (χ0v) is 26.7. The average Bonchev–Trinajstić information content (AvgIpc) is 2.91. The van der Waals surface area contributed by atoms with Crippen molar-refractivity contribution in [2.75, 3.05) is 13.1 Å². The summed E-state index contributed by atoms with van der Waals surface area (Å²) in [7, 11) is 0. The van der Waals surface area contributed by atoms with Gasteiger partial charge in [-0.15, -0.1) is 0 Å². The van der Waals surface area contributed by atoms with Gasteiger partial charge in [0, 0.05) is 18.6 Å². The van der Waals surface area contributed by atoms with Crippen LogP contribution in [0.3, 0.4) is 0 Å². The van der Waals surface area contributed by atoms with E-state index in [9.17, 15) is 0 Å². The molecule has 0 fully saturated rings. The Kier molecular flexibility index (Phi) is 32.1. The smallest absolute Gasteiger partial charge is 0.0164 e. The molecule has 0 aliphatic rings. The minimum absolute atomic E-state index is 0.591. The molecule has 0 aromatic carbocycles. The van der Waals surface area contributed by atoms with Gasteiger partial charge in [-0.05, 0) is 32.7 Å². The Morgan fingerprint density at radius 3 is 1.14 bits per heavy atom. The van der Waals surface area contributed by atoms with E-state index in [1.807, 2.05) is 0 Å². The summed E-state index contributed by atoms with van der Waals surface area (Å²) in [6.07, 6.45) is 38.6. The largest absolute Gasteiger partial charge is 0.313 e. The van der Waals surface area contributed by atoms with Crippen LogP contribution in [0.1, 0.15) is 201 Å². The predicted octanol–water partition coefficient (Wildman–Crippen LogP) is 11.5. The molecule has 2 nitrogen and oxygen atoms in total. The molecule has 0 aromatic heterocycles. The molecule has 0 amide bonds. The topological polar surface area (TPSA) is 24.1 Å². The van der Waals surface area contributed by atoms with E-state index >= 15 is 0 Å². The molecule has 0 saturated heterocycles. The Labute approximate surface area is 236 Å². The third kappa shape index (κ3) is 30.3. The molecule has 0 aliphatic carbocycles. The van der Waals surface area contributed by atoms with Gasteiger partial charge in [-0.25, -0.2) is 0 Å². The van der Waals surface area contributed by atoms with E-state index in [2.05, 4.69) is 38.3 Å². The molecule has 2 atom stereocenters. The molecule has 2 heteroatoms. The Morgan fingerprint density at radius 2 is 0.757 bits per heavy atom. The Hall–Kier alpha value is -0.0800. The van der Waals surface area contributed by atoms with Crippen molar-refractivity contribution in [3.8, 4) is 0 Å². The van der Waals surface area contributed by atoms with Crippen LogP contribution in [0.25, 0.3) is 0 Å². The molecule has 0 rings (SSSR count). The molecule has 2 unspecified atom stereocenters. The SMILES string of the molecule is CCCCCCCCCCCCCCCCNC(C)CNC(CC)CCCCCCCCCCCCC. The first-order valence-electron chi connectivity index (χ1n) is 17.7.